The molecule has 1 aliphatic rings. The Labute approximate surface area is 278 Å². The molecule has 228 valence electrons. The zero-order valence-corrected chi connectivity index (χ0v) is 26.4. The molecule has 0 amide bonds. The van der Waals surface area contributed by atoms with Gasteiger partial charge in [-0.1, -0.05) is 115 Å². The first-order valence-corrected chi connectivity index (χ1v) is 16.8. The molecular weight excluding hydrogens is 585 g/mol. The van der Waals surface area contributed by atoms with Gasteiger partial charge in [0, 0.05) is 32.9 Å². The molecule has 0 aliphatic carbocycles. The topological polar surface area (TPSA) is 19.1 Å². The number of hydrogen-bond donors (Lipinski definition) is 0. The maximum Gasteiger partial charge on any atom is 0.124 e. The van der Waals surface area contributed by atoms with E-state index >= 15 is 0 Å². The van der Waals surface area contributed by atoms with Crippen LogP contribution in [0.25, 0.3) is 66.1 Å². The molecule has 0 spiro atoms. The molecule has 1 unspecified atom stereocenters. The van der Waals surface area contributed by atoms with Crippen molar-refractivity contribution in [2.75, 3.05) is 0 Å². The van der Waals surface area contributed by atoms with Crippen LogP contribution < -0.4 is 4.74 Å². The third-order valence-corrected chi connectivity index (χ3v) is 10.1. The number of aromatic nitrogens is 2. The van der Waals surface area contributed by atoms with E-state index in [0.717, 1.165) is 30.0 Å². The Morgan fingerprint density at radius 1 is 0.438 bits per heavy atom. The molecule has 0 saturated carbocycles. The zero-order chi connectivity index (χ0) is 31.6. The zero-order valence-electron chi connectivity index (χ0n) is 26.4. The number of nitrogens with zero attached hydrogens (tertiary/aromatic N) is 2. The molecular formula is C45H32N2O. The molecule has 3 heteroatoms. The number of benzene rings is 7. The summed E-state index contributed by atoms with van der Waals surface area (Å²) in [4.78, 5) is 0. The first-order valence-electron chi connectivity index (χ1n) is 16.8. The van der Waals surface area contributed by atoms with Crippen LogP contribution in [0.4, 0.5) is 0 Å². The Morgan fingerprint density at radius 2 is 0.896 bits per heavy atom. The lowest BCUT2D eigenvalue weighted by atomic mass is 9.95. The van der Waals surface area contributed by atoms with Gasteiger partial charge in [0.2, 0.25) is 0 Å². The van der Waals surface area contributed by atoms with Gasteiger partial charge in [0.25, 0.3) is 0 Å². The molecule has 48 heavy (non-hydrogen) atoms. The Morgan fingerprint density at radius 3 is 1.42 bits per heavy atom. The van der Waals surface area contributed by atoms with Gasteiger partial charge in [-0.15, -0.1) is 0 Å². The summed E-state index contributed by atoms with van der Waals surface area (Å²) in [6.07, 6.45) is 2.08. The van der Waals surface area contributed by atoms with Crippen LogP contribution in [0.2, 0.25) is 0 Å². The Balaban J connectivity index is 1.18. The largest absolute Gasteiger partial charge is 0.485 e. The van der Waals surface area contributed by atoms with Crippen LogP contribution in [0.1, 0.15) is 23.7 Å². The molecule has 0 fully saturated rings. The van der Waals surface area contributed by atoms with Gasteiger partial charge in [-0.05, 0) is 83.6 Å². The van der Waals surface area contributed by atoms with Gasteiger partial charge in [0.1, 0.15) is 11.9 Å². The van der Waals surface area contributed by atoms with E-state index in [4.69, 9.17) is 4.74 Å². The van der Waals surface area contributed by atoms with Crippen molar-refractivity contribution in [3.63, 3.8) is 0 Å². The molecule has 9 aromatic rings. The maximum atomic E-state index is 6.46. The number of fused-ring (bicyclic) bond motifs is 7. The van der Waals surface area contributed by atoms with Crippen molar-refractivity contribution in [2.45, 2.75) is 18.9 Å². The van der Waals surface area contributed by atoms with Gasteiger partial charge in [0.15, 0.2) is 0 Å². The molecule has 3 nitrogen and oxygen atoms in total. The van der Waals surface area contributed by atoms with Crippen LogP contribution >= 0.6 is 0 Å². The summed E-state index contributed by atoms with van der Waals surface area (Å²) in [6.45, 7) is 0. The van der Waals surface area contributed by atoms with Crippen molar-refractivity contribution in [1.82, 2.24) is 9.13 Å². The van der Waals surface area contributed by atoms with Crippen LogP contribution in [0, 0.1) is 0 Å². The molecule has 10 rings (SSSR count). The fraction of sp³-hybridized carbons (Fsp3) is 0.0667. The van der Waals surface area contributed by atoms with Gasteiger partial charge in [-0.3, -0.25) is 0 Å². The fourth-order valence-corrected chi connectivity index (χ4v) is 7.87. The maximum absolute atomic E-state index is 6.46. The Kier molecular flexibility index (Phi) is 6.07. The second-order valence-electron chi connectivity index (χ2n) is 12.9. The highest BCUT2D eigenvalue weighted by atomic mass is 16.5. The lowest BCUT2D eigenvalue weighted by Gasteiger charge is -2.26. The highest BCUT2D eigenvalue weighted by Gasteiger charge is 2.22. The van der Waals surface area contributed by atoms with Crippen LogP contribution in [-0.2, 0) is 6.42 Å². The second-order valence-corrected chi connectivity index (χ2v) is 12.9. The minimum absolute atomic E-state index is 0.0612. The van der Waals surface area contributed by atoms with Gasteiger partial charge >= 0.3 is 0 Å². The van der Waals surface area contributed by atoms with Crippen molar-refractivity contribution in [3.05, 3.63) is 175 Å². The number of para-hydroxylation sites is 5. The normalized spacial score (nSPS) is 14.5. The fourth-order valence-electron chi connectivity index (χ4n) is 7.87. The average molecular weight is 617 g/mol. The lowest BCUT2D eigenvalue weighted by molar-refractivity contribution is 0.176. The summed E-state index contributed by atoms with van der Waals surface area (Å²) in [7, 11) is 0. The van der Waals surface area contributed by atoms with Crippen molar-refractivity contribution in [1.29, 1.82) is 0 Å². The molecule has 0 radical (unpaired) electrons. The third kappa shape index (κ3) is 4.21. The van der Waals surface area contributed by atoms with Gasteiger partial charge in [-0.25, -0.2) is 0 Å². The summed E-state index contributed by atoms with van der Waals surface area (Å²) in [5.41, 5.74) is 12.0. The van der Waals surface area contributed by atoms with Crippen LogP contribution in [0.5, 0.6) is 5.75 Å². The number of aryl methyl sites for hydroxylation is 1. The minimum atomic E-state index is 0.0612. The highest BCUT2D eigenvalue weighted by molar-refractivity contribution is 6.10. The van der Waals surface area contributed by atoms with E-state index < -0.39 is 0 Å². The smallest absolute Gasteiger partial charge is 0.124 e. The molecule has 1 atom stereocenters. The van der Waals surface area contributed by atoms with Crippen LogP contribution in [0.15, 0.2) is 164 Å². The summed E-state index contributed by atoms with van der Waals surface area (Å²) in [5, 5.41) is 5.04. The number of hydrogen-bond acceptors (Lipinski definition) is 1. The minimum Gasteiger partial charge on any atom is -0.485 e. The Bertz CT molecular complexity index is 2420. The van der Waals surface area contributed by atoms with Crippen molar-refractivity contribution >= 4 is 43.6 Å². The highest BCUT2D eigenvalue weighted by Crippen LogP contribution is 2.39. The van der Waals surface area contributed by atoms with Gasteiger partial charge in [0.05, 0.1) is 22.1 Å². The Hall–Kier alpha value is -6.06. The molecule has 0 N–H and O–H groups in total. The van der Waals surface area contributed by atoms with Crippen molar-refractivity contribution in [2.24, 2.45) is 0 Å². The van der Waals surface area contributed by atoms with Crippen LogP contribution in [-0.4, -0.2) is 9.13 Å². The molecule has 0 bridgehead atoms. The van der Waals surface area contributed by atoms with E-state index in [2.05, 4.69) is 173 Å². The van der Waals surface area contributed by atoms with E-state index in [1.807, 2.05) is 0 Å². The number of rotatable bonds is 4. The van der Waals surface area contributed by atoms with Gasteiger partial charge in [-0.2, -0.15) is 0 Å². The predicted octanol–water partition coefficient (Wildman–Crippen LogP) is 11.6. The lowest BCUT2D eigenvalue weighted by Crippen LogP contribution is -2.14. The molecule has 7 aromatic carbocycles. The quantitative estimate of drug-likeness (QED) is 0.192. The second kappa shape index (κ2) is 10.8. The van der Waals surface area contributed by atoms with E-state index in [-0.39, 0.29) is 6.10 Å². The third-order valence-electron chi connectivity index (χ3n) is 10.1. The standard InChI is InChI=1S/C45H32N2O/c1-10-20-44-31(11-1)25-26-45(48-44)32-23-21-30(22-24-32)33-27-34(46-40-16-6-2-12-36(40)37-13-3-7-17-41(37)46)29-35(28-33)47-42-18-8-4-14-38(42)39-15-5-9-19-43(39)47/h1-24,27-29,45H,25-26H2. The van der Waals surface area contributed by atoms with E-state index in [9.17, 15) is 0 Å². The molecule has 0 saturated heterocycles. The first-order chi connectivity index (χ1) is 23.8. The van der Waals surface area contributed by atoms with E-state index in [0.29, 0.717) is 0 Å². The van der Waals surface area contributed by atoms with Crippen LogP contribution in [0.3, 0.4) is 0 Å². The SMILES string of the molecule is c1ccc2c(c1)CCC(c1ccc(-c3cc(-n4c5ccccc5c5ccccc54)cc(-n4c5ccccc5c5ccccc54)c3)cc1)O2. The molecule has 1 aliphatic heterocycles. The summed E-state index contributed by atoms with van der Waals surface area (Å²) < 4.78 is 11.3. The monoisotopic (exact) mass is 616 g/mol. The van der Waals surface area contributed by atoms with E-state index in [1.165, 1.54) is 65.9 Å². The average Bonchev–Trinajstić information content (AvgIpc) is 3.68. The van der Waals surface area contributed by atoms with E-state index in [1.54, 1.807) is 0 Å². The summed E-state index contributed by atoms with van der Waals surface area (Å²) in [6, 6.07) is 59.5. The molecule has 2 aromatic heterocycles. The first kappa shape index (κ1) is 27.1. The van der Waals surface area contributed by atoms with Crippen molar-refractivity contribution < 1.29 is 4.74 Å². The van der Waals surface area contributed by atoms with Crippen molar-refractivity contribution in [3.8, 4) is 28.3 Å². The molecule has 3 heterocycles. The summed E-state index contributed by atoms with van der Waals surface area (Å²) >= 11 is 0. The predicted molar refractivity (Wildman–Crippen MR) is 199 cm³/mol. The summed E-state index contributed by atoms with van der Waals surface area (Å²) in [5.74, 6) is 1.01. The van der Waals surface area contributed by atoms with Gasteiger partial charge < -0.3 is 13.9 Å². The number of ether oxygens (including phenoxy) is 1.